The Balaban J connectivity index is 0.00000280. The zero-order valence-electron chi connectivity index (χ0n) is 22.9. The highest BCUT2D eigenvalue weighted by atomic mass is 35.5. The largest absolute Gasteiger partial charge is 0.497 e. The quantitative estimate of drug-likeness (QED) is 0.320. The van der Waals surface area contributed by atoms with Gasteiger partial charge in [0.1, 0.15) is 17.3 Å². The number of β-amino-alcohol motifs (C(OH)–C–C–N with tert-alkyl or cyclic N) is 1. The molecule has 1 atom stereocenters. The van der Waals surface area contributed by atoms with Crippen molar-refractivity contribution >= 4 is 59.6 Å². The predicted molar refractivity (Wildman–Crippen MR) is 167 cm³/mol. The fourth-order valence-corrected chi connectivity index (χ4v) is 5.22. The van der Waals surface area contributed by atoms with E-state index >= 15 is 0 Å². The molecule has 2 N–H and O–H groups in total. The number of carbonyl (C=O) groups excluding carboxylic acids is 1. The number of aromatic nitrogens is 2. The number of hydrogen-bond donors (Lipinski definition) is 2. The van der Waals surface area contributed by atoms with Gasteiger partial charge in [0.25, 0.3) is 5.91 Å². The molecule has 0 aliphatic carbocycles. The van der Waals surface area contributed by atoms with Gasteiger partial charge in [-0.3, -0.25) is 9.69 Å². The maximum Gasteiger partial charge on any atom is 0.271 e. The Hall–Kier alpha value is -2.20. The van der Waals surface area contributed by atoms with E-state index in [4.69, 9.17) is 27.9 Å². The van der Waals surface area contributed by atoms with Crippen molar-refractivity contribution in [3.05, 3.63) is 69.7 Å². The summed E-state index contributed by atoms with van der Waals surface area (Å²) in [4.78, 5) is 22.1. The molecule has 1 aromatic heterocycles. The number of amides is 1. The molecule has 1 saturated heterocycles. The lowest BCUT2D eigenvalue weighted by Crippen LogP contribution is -2.50. The number of methoxy groups -OCH3 is 1. The molecule has 1 unspecified atom stereocenters. The molecule has 40 heavy (non-hydrogen) atoms. The third kappa shape index (κ3) is 7.96. The molecule has 3 aromatic rings. The number of anilines is 1. The minimum atomic E-state index is -0.695. The Morgan fingerprint density at radius 1 is 1.10 bits per heavy atom. The number of imidazole rings is 1. The van der Waals surface area contributed by atoms with Crippen LogP contribution in [-0.2, 0) is 6.42 Å². The van der Waals surface area contributed by atoms with Crippen LogP contribution in [0.25, 0.3) is 5.69 Å². The molecule has 1 amide bonds. The van der Waals surface area contributed by atoms with Crippen LogP contribution in [0.2, 0.25) is 10.0 Å². The van der Waals surface area contributed by atoms with Crippen molar-refractivity contribution < 1.29 is 14.6 Å². The van der Waals surface area contributed by atoms with Gasteiger partial charge < -0.3 is 24.6 Å². The van der Waals surface area contributed by atoms with E-state index < -0.39 is 6.10 Å². The van der Waals surface area contributed by atoms with Gasteiger partial charge in [-0.05, 0) is 49.7 Å². The van der Waals surface area contributed by atoms with Crippen LogP contribution in [0.5, 0.6) is 5.75 Å². The highest BCUT2D eigenvalue weighted by molar-refractivity contribution is 6.43. The molecule has 1 aliphatic rings. The molecular weight excluding hydrogens is 596 g/mol. The summed E-state index contributed by atoms with van der Waals surface area (Å²) in [5.41, 5.74) is 3.00. The van der Waals surface area contributed by atoms with Gasteiger partial charge in [0.15, 0.2) is 0 Å². The summed E-state index contributed by atoms with van der Waals surface area (Å²) in [6, 6.07) is 13.3. The summed E-state index contributed by atoms with van der Waals surface area (Å²) < 4.78 is 7.28. The fraction of sp³-hybridized carbons (Fsp3) is 0.429. The molecule has 0 saturated carbocycles. The maximum atomic E-state index is 13.1. The topological polar surface area (TPSA) is 82.9 Å². The number of halogens is 4. The van der Waals surface area contributed by atoms with Gasteiger partial charge in [-0.15, -0.1) is 24.8 Å². The molecule has 2 heterocycles. The van der Waals surface area contributed by atoms with E-state index in [0.29, 0.717) is 22.3 Å². The molecule has 8 nitrogen and oxygen atoms in total. The molecule has 1 fully saturated rings. The Morgan fingerprint density at radius 2 is 1.77 bits per heavy atom. The van der Waals surface area contributed by atoms with Gasteiger partial charge in [-0.2, -0.15) is 0 Å². The van der Waals surface area contributed by atoms with Crippen molar-refractivity contribution in [2.75, 3.05) is 51.3 Å². The lowest BCUT2D eigenvalue weighted by molar-refractivity contribution is 0.0847. The monoisotopic (exact) mass is 631 g/mol. The van der Waals surface area contributed by atoms with E-state index in [9.17, 15) is 9.90 Å². The summed E-state index contributed by atoms with van der Waals surface area (Å²) in [5, 5.41) is 14.6. The normalized spacial score (nSPS) is 14.2. The van der Waals surface area contributed by atoms with E-state index in [1.807, 2.05) is 47.9 Å². The first kappa shape index (κ1) is 34.0. The third-order valence-electron chi connectivity index (χ3n) is 6.81. The lowest BCUT2D eigenvalue weighted by Gasteiger charge is -2.37. The molecule has 2 aromatic carbocycles. The Labute approximate surface area is 258 Å². The van der Waals surface area contributed by atoms with Crippen molar-refractivity contribution in [2.24, 2.45) is 0 Å². The van der Waals surface area contributed by atoms with Crippen molar-refractivity contribution in [3.63, 3.8) is 0 Å². The van der Waals surface area contributed by atoms with Gasteiger partial charge in [-0.1, -0.05) is 36.2 Å². The number of carbonyl (C=O) groups is 1. The number of aliphatic hydroxyl groups excluding tert-OH is 1. The van der Waals surface area contributed by atoms with Crippen LogP contribution in [0.1, 0.15) is 35.4 Å². The molecule has 1 aliphatic heterocycles. The Morgan fingerprint density at radius 3 is 2.40 bits per heavy atom. The first-order chi connectivity index (χ1) is 18.3. The van der Waals surface area contributed by atoms with Crippen LogP contribution in [0, 0.1) is 6.92 Å². The first-order valence-corrected chi connectivity index (χ1v) is 13.7. The number of aliphatic hydroxyl groups is 1. The second-order valence-corrected chi connectivity index (χ2v) is 10.3. The van der Waals surface area contributed by atoms with E-state index in [-0.39, 0.29) is 37.3 Å². The highest BCUT2D eigenvalue weighted by Gasteiger charge is 2.24. The average molecular weight is 633 g/mol. The van der Waals surface area contributed by atoms with Crippen molar-refractivity contribution in [3.8, 4) is 11.4 Å². The summed E-state index contributed by atoms with van der Waals surface area (Å²) in [7, 11) is 1.63. The third-order valence-corrected chi connectivity index (χ3v) is 7.62. The van der Waals surface area contributed by atoms with Crippen LogP contribution in [0.3, 0.4) is 0 Å². The zero-order chi connectivity index (χ0) is 27.2. The van der Waals surface area contributed by atoms with Crippen LogP contribution in [0.15, 0.2) is 42.5 Å². The number of nitrogens with zero attached hydrogens (tertiary/aromatic N) is 4. The highest BCUT2D eigenvalue weighted by Crippen LogP contribution is 2.33. The summed E-state index contributed by atoms with van der Waals surface area (Å²) in [6.07, 6.45) is 0.956. The van der Waals surface area contributed by atoms with Crippen LogP contribution in [-0.4, -0.2) is 77.9 Å². The Bertz CT molecular complexity index is 1250. The van der Waals surface area contributed by atoms with Gasteiger partial charge in [0.05, 0.1) is 34.6 Å². The second kappa shape index (κ2) is 15.7. The number of hydrogen-bond acceptors (Lipinski definition) is 6. The van der Waals surface area contributed by atoms with Gasteiger partial charge >= 0.3 is 0 Å². The minimum absolute atomic E-state index is 0. The number of nitrogens with one attached hydrogen (secondary N) is 1. The number of rotatable bonds is 10. The second-order valence-electron chi connectivity index (χ2n) is 9.47. The van der Waals surface area contributed by atoms with Crippen LogP contribution < -0.4 is 15.0 Å². The molecule has 4 rings (SSSR count). The average Bonchev–Trinajstić information content (AvgIpc) is 3.25. The number of benzene rings is 2. The van der Waals surface area contributed by atoms with Crippen molar-refractivity contribution in [1.29, 1.82) is 0 Å². The Kier molecular flexibility index (Phi) is 13.4. The van der Waals surface area contributed by atoms with Crippen LogP contribution >= 0.6 is 48.0 Å². The molecule has 0 bridgehead atoms. The summed E-state index contributed by atoms with van der Waals surface area (Å²) in [5.74, 6) is 1.32. The summed E-state index contributed by atoms with van der Waals surface area (Å²) >= 11 is 12.5. The number of ether oxygens (including phenoxy) is 1. The molecule has 220 valence electrons. The number of piperazine rings is 1. The van der Waals surface area contributed by atoms with E-state index in [1.54, 1.807) is 13.2 Å². The van der Waals surface area contributed by atoms with Crippen molar-refractivity contribution in [2.45, 2.75) is 32.8 Å². The van der Waals surface area contributed by atoms with E-state index in [2.05, 4.69) is 27.0 Å². The minimum Gasteiger partial charge on any atom is -0.497 e. The predicted octanol–water partition coefficient (Wildman–Crippen LogP) is 5.21. The summed E-state index contributed by atoms with van der Waals surface area (Å²) in [6.45, 7) is 7.71. The molecule has 0 spiro atoms. The first-order valence-electron chi connectivity index (χ1n) is 12.9. The fourth-order valence-electron chi connectivity index (χ4n) is 4.80. The molecule has 0 radical (unpaired) electrons. The van der Waals surface area contributed by atoms with E-state index in [0.717, 1.165) is 67.7 Å². The standard InChI is InChI=1S/C28H35Cl2N5O3.2ClH/c1-4-6-25-32-27(19(2)35(25)20-9-11-22(38-3)12-10-20)28(37)31-17-21(36)18-33-13-15-34(16-14-33)24-8-5-7-23(29)26(24)30;;/h5,7-12,21,36H,4,6,13-18H2,1-3H3,(H,31,37);2*1H. The number of aryl methyl sites for hydroxylation is 1. The smallest absolute Gasteiger partial charge is 0.271 e. The maximum absolute atomic E-state index is 13.1. The SMILES string of the molecule is CCCc1nc(C(=O)NCC(O)CN2CCN(c3cccc(Cl)c3Cl)CC2)c(C)n1-c1ccc(OC)cc1.Cl.Cl. The van der Waals surface area contributed by atoms with Gasteiger partial charge in [0.2, 0.25) is 0 Å². The molecular formula is C28H37Cl4N5O3. The van der Waals surface area contributed by atoms with Gasteiger partial charge in [-0.25, -0.2) is 4.98 Å². The zero-order valence-corrected chi connectivity index (χ0v) is 26.0. The lowest BCUT2D eigenvalue weighted by atomic mass is 10.2. The van der Waals surface area contributed by atoms with Crippen LogP contribution in [0.4, 0.5) is 5.69 Å². The molecule has 12 heteroatoms. The van der Waals surface area contributed by atoms with Crippen molar-refractivity contribution in [1.82, 2.24) is 19.8 Å². The van der Waals surface area contributed by atoms with Gasteiger partial charge in [0, 0.05) is 51.4 Å². The van der Waals surface area contributed by atoms with E-state index in [1.165, 1.54) is 0 Å².